The van der Waals surface area contributed by atoms with E-state index in [4.69, 9.17) is 4.74 Å². The van der Waals surface area contributed by atoms with Crippen LogP contribution in [0.3, 0.4) is 0 Å². The van der Waals surface area contributed by atoms with Gasteiger partial charge in [-0.3, -0.25) is 19.0 Å². The maximum atomic E-state index is 13.1. The molecular formula is C31H39N3O3S. The number of carbonyl (C=O) groups excluding carboxylic acids is 2. The minimum atomic E-state index is -0.546. The van der Waals surface area contributed by atoms with Crippen molar-refractivity contribution >= 4 is 34.9 Å². The number of nitrogens with one attached hydrogen (secondary N) is 1. The first-order valence-corrected chi connectivity index (χ1v) is 14.6. The third-order valence-corrected chi connectivity index (χ3v) is 8.36. The molecule has 2 aromatic carbocycles. The summed E-state index contributed by atoms with van der Waals surface area (Å²) in [5.74, 6) is 0.570. The molecule has 1 saturated carbocycles. The van der Waals surface area contributed by atoms with Crippen molar-refractivity contribution in [1.82, 2.24) is 14.2 Å². The first-order chi connectivity index (χ1) is 18.1. The van der Waals surface area contributed by atoms with E-state index in [2.05, 4.69) is 52.9 Å². The highest BCUT2D eigenvalue weighted by molar-refractivity contribution is 7.98. The second-order valence-corrected chi connectivity index (χ2v) is 12.7. The number of amides is 1. The number of hydrogen-bond donors (Lipinski definition) is 1. The molecule has 0 radical (unpaired) electrons. The van der Waals surface area contributed by atoms with E-state index >= 15 is 0 Å². The molecule has 3 aromatic rings. The molecule has 5 rings (SSSR count). The third-order valence-electron chi connectivity index (χ3n) is 7.47. The molecule has 0 bridgehead atoms. The minimum Gasteiger partial charge on any atom is -0.443 e. The maximum Gasteiger partial charge on any atom is 0.418 e. The largest absolute Gasteiger partial charge is 0.443 e. The van der Waals surface area contributed by atoms with Crippen LogP contribution in [0.15, 0.2) is 47.5 Å². The fourth-order valence-corrected chi connectivity index (χ4v) is 6.20. The number of hydrogen-bond acceptors (Lipinski definition) is 5. The van der Waals surface area contributed by atoms with Crippen molar-refractivity contribution in [2.75, 3.05) is 6.54 Å². The number of rotatable bonds is 6. The summed E-state index contributed by atoms with van der Waals surface area (Å²) in [4.78, 5) is 28.0. The predicted octanol–water partition coefficient (Wildman–Crippen LogP) is 7.48. The number of nitrogens with zero attached hydrogens (tertiary/aromatic N) is 2. The number of piperidine rings is 1. The molecule has 1 aromatic heterocycles. The van der Waals surface area contributed by atoms with E-state index in [-0.39, 0.29) is 12.0 Å². The van der Waals surface area contributed by atoms with Crippen LogP contribution in [0, 0.1) is 6.92 Å². The normalized spacial score (nSPS) is 18.5. The van der Waals surface area contributed by atoms with E-state index in [1.165, 1.54) is 66.6 Å². The lowest BCUT2D eigenvalue weighted by Gasteiger charge is -2.37. The lowest BCUT2D eigenvalue weighted by molar-refractivity contribution is -0.117. The van der Waals surface area contributed by atoms with Crippen LogP contribution in [0.1, 0.15) is 94.0 Å². The van der Waals surface area contributed by atoms with Crippen LogP contribution in [0.4, 0.5) is 4.79 Å². The van der Waals surface area contributed by atoms with E-state index in [1.54, 1.807) is 4.57 Å². The van der Waals surface area contributed by atoms with E-state index in [1.807, 2.05) is 27.0 Å². The summed E-state index contributed by atoms with van der Waals surface area (Å²) in [6.07, 6.45) is 7.57. The average Bonchev–Trinajstić information content (AvgIpc) is 3.61. The van der Waals surface area contributed by atoms with Crippen LogP contribution in [-0.4, -0.2) is 33.6 Å². The highest BCUT2D eigenvalue weighted by Crippen LogP contribution is 2.45. The molecule has 0 spiro atoms. The lowest BCUT2D eigenvalue weighted by Crippen LogP contribution is -2.33. The van der Waals surface area contributed by atoms with Crippen LogP contribution >= 0.6 is 11.9 Å². The zero-order valence-corrected chi connectivity index (χ0v) is 24.0. The van der Waals surface area contributed by atoms with Crippen LogP contribution in [0.5, 0.6) is 0 Å². The van der Waals surface area contributed by atoms with Gasteiger partial charge in [0.25, 0.3) is 0 Å². The maximum absolute atomic E-state index is 13.1. The fourth-order valence-electron chi connectivity index (χ4n) is 5.67. The Morgan fingerprint density at radius 2 is 1.82 bits per heavy atom. The molecule has 1 amide bonds. The van der Waals surface area contributed by atoms with Gasteiger partial charge in [0.1, 0.15) is 5.60 Å². The van der Waals surface area contributed by atoms with Crippen LogP contribution in [0.2, 0.25) is 0 Å². The molecule has 38 heavy (non-hydrogen) atoms. The van der Waals surface area contributed by atoms with Gasteiger partial charge in [0, 0.05) is 36.0 Å². The van der Waals surface area contributed by atoms with E-state index in [0.717, 1.165) is 35.5 Å². The molecule has 2 aliphatic rings. The Balaban J connectivity index is 1.47. The molecule has 1 N–H and O–H groups in total. The van der Waals surface area contributed by atoms with Gasteiger partial charge in [0.15, 0.2) is 0 Å². The molecule has 1 saturated heterocycles. The summed E-state index contributed by atoms with van der Waals surface area (Å²) in [7, 11) is 0. The van der Waals surface area contributed by atoms with E-state index < -0.39 is 5.60 Å². The quantitative estimate of drug-likeness (QED) is 0.333. The topological polar surface area (TPSA) is 63.6 Å². The van der Waals surface area contributed by atoms with Gasteiger partial charge in [-0.25, -0.2) is 4.79 Å². The van der Waals surface area contributed by atoms with Crippen molar-refractivity contribution in [2.24, 2.45) is 0 Å². The fraction of sp³-hybridized carbons (Fsp3) is 0.484. The molecular weight excluding hydrogens is 494 g/mol. The van der Waals surface area contributed by atoms with Crippen molar-refractivity contribution in [1.29, 1.82) is 0 Å². The Labute approximate surface area is 230 Å². The van der Waals surface area contributed by atoms with Crippen molar-refractivity contribution in [3.05, 3.63) is 64.8 Å². The van der Waals surface area contributed by atoms with E-state index in [0.29, 0.717) is 12.0 Å². The number of likely N-dealkylation sites (tertiary alicyclic amines) is 1. The lowest BCUT2D eigenvalue weighted by atomic mass is 9.92. The molecule has 1 unspecified atom stereocenters. The number of aromatic nitrogens is 1. The van der Waals surface area contributed by atoms with Gasteiger partial charge in [-0.1, -0.05) is 24.6 Å². The highest BCUT2D eigenvalue weighted by atomic mass is 32.2. The highest BCUT2D eigenvalue weighted by Gasteiger charge is 2.32. The first-order valence-electron chi connectivity index (χ1n) is 13.7. The Morgan fingerprint density at radius 3 is 2.47 bits per heavy atom. The van der Waals surface area contributed by atoms with Gasteiger partial charge in [-0.15, -0.1) is 0 Å². The molecule has 2 fully saturated rings. The number of carbonyl (C=O) groups is 2. The van der Waals surface area contributed by atoms with Crippen molar-refractivity contribution < 1.29 is 14.3 Å². The Kier molecular flexibility index (Phi) is 7.60. The Bertz CT molecular complexity index is 1340. The molecule has 7 heteroatoms. The number of fused-ring (bicyclic) bond motifs is 1. The Hall–Kier alpha value is -2.77. The van der Waals surface area contributed by atoms with Gasteiger partial charge in [0.05, 0.1) is 5.52 Å². The van der Waals surface area contributed by atoms with Gasteiger partial charge in [-0.05, 0) is 118 Å². The van der Waals surface area contributed by atoms with Gasteiger partial charge in [0.2, 0.25) is 5.91 Å². The monoisotopic (exact) mass is 533 g/mol. The van der Waals surface area contributed by atoms with Crippen LogP contribution < -0.4 is 4.72 Å². The molecule has 1 aliphatic heterocycles. The summed E-state index contributed by atoms with van der Waals surface area (Å²) in [6.45, 7) is 11.3. The van der Waals surface area contributed by atoms with Crippen molar-refractivity contribution in [3.8, 4) is 0 Å². The van der Waals surface area contributed by atoms with Crippen molar-refractivity contribution in [2.45, 2.75) is 95.7 Å². The van der Waals surface area contributed by atoms with Crippen LogP contribution in [0.25, 0.3) is 10.9 Å². The third kappa shape index (κ3) is 5.94. The average molecular weight is 534 g/mol. The molecule has 1 aliphatic carbocycles. The summed E-state index contributed by atoms with van der Waals surface area (Å²) in [6, 6.07) is 13.4. The molecule has 1 atom stereocenters. The molecule has 6 nitrogen and oxygen atoms in total. The first kappa shape index (κ1) is 26.8. The summed E-state index contributed by atoms with van der Waals surface area (Å²) < 4.78 is 10.2. The predicted molar refractivity (Wildman–Crippen MR) is 153 cm³/mol. The van der Waals surface area contributed by atoms with Gasteiger partial charge < -0.3 is 4.74 Å². The number of benzene rings is 2. The minimum absolute atomic E-state index is 0.0473. The number of ether oxygens (including phenoxy) is 1. The zero-order chi connectivity index (χ0) is 27.0. The van der Waals surface area contributed by atoms with E-state index in [9.17, 15) is 9.59 Å². The second kappa shape index (κ2) is 10.8. The molecule has 202 valence electrons. The summed E-state index contributed by atoms with van der Waals surface area (Å²) >= 11 is 1.36. The Morgan fingerprint density at radius 1 is 1.08 bits per heavy atom. The summed E-state index contributed by atoms with van der Waals surface area (Å²) in [5, 5.41) is 1.17. The molecule has 2 heterocycles. The van der Waals surface area contributed by atoms with Gasteiger partial charge >= 0.3 is 6.09 Å². The van der Waals surface area contributed by atoms with Crippen LogP contribution in [-0.2, 0) is 16.1 Å². The standard InChI is InChI=1S/C31H39N3O3S/c1-20-18-26(22-9-10-22)27(25-15-17-34(29(20)25)30(36)37-31(3,4)5)19-33-16-7-6-8-28(33)23-11-13-24(14-12-23)38-32-21(2)35/h11-15,17-18,22,28H,6-10,16,19H2,1-5H3,(H,32,35). The number of aryl methyl sites for hydroxylation is 1. The van der Waals surface area contributed by atoms with Gasteiger partial charge in [-0.2, -0.15) is 0 Å². The summed E-state index contributed by atoms with van der Waals surface area (Å²) in [5.41, 5.74) is 5.67. The second-order valence-electron chi connectivity index (χ2n) is 11.8. The smallest absolute Gasteiger partial charge is 0.418 e. The van der Waals surface area contributed by atoms with Crippen molar-refractivity contribution in [3.63, 3.8) is 0 Å². The zero-order valence-electron chi connectivity index (χ0n) is 23.2. The SMILES string of the molecule is CC(=O)NSc1ccc(C2CCCCN2Cc2c(C3CC3)cc(C)c3c2ccn3C(=O)OC(C)(C)C)cc1.